The van der Waals surface area contributed by atoms with Gasteiger partial charge in [0.05, 0.1) is 0 Å². The van der Waals surface area contributed by atoms with Crippen molar-refractivity contribution >= 4 is 11.6 Å². The van der Waals surface area contributed by atoms with Crippen LogP contribution in [0.2, 0.25) is 0 Å². The van der Waals surface area contributed by atoms with E-state index in [0.717, 1.165) is 23.2 Å². The average Bonchev–Trinajstić information content (AvgIpc) is 3.40. The first-order chi connectivity index (χ1) is 12.2. The van der Waals surface area contributed by atoms with Crippen molar-refractivity contribution in [1.29, 1.82) is 0 Å². The maximum absolute atomic E-state index is 12.5. The smallest absolute Gasteiger partial charge is 0.255 e. The molecule has 1 aromatic heterocycles. The van der Waals surface area contributed by atoms with Gasteiger partial charge in [-0.2, -0.15) is 0 Å². The van der Waals surface area contributed by atoms with Crippen molar-refractivity contribution in [2.75, 3.05) is 5.32 Å². The number of benzene rings is 2. The van der Waals surface area contributed by atoms with Crippen LogP contribution in [-0.2, 0) is 0 Å². The summed E-state index contributed by atoms with van der Waals surface area (Å²) in [5.41, 5.74) is 9.32. The fourth-order valence-corrected chi connectivity index (χ4v) is 2.86. The van der Waals surface area contributed by atoms with Gasteiger partial charge in [-0.15, -0.1) is 0 Å². The third-order valence-corrected chi connectivity index (χ3v) is 4.38. The Kier molecular flexibility index (Phi) is 3.99. The Bertz CT molecular complexity index is 893. The number of hydrogen-bond acceptors (Lipinski definition) is 4. The van der Waals surface area contributed by atoms with E-state index in [9.17, 15) is 4.79 Å². The summed E-state index contributed by atoms with van der Waals surface area (Å²) < 4.78 is 0. The Morgan fingerprint density at radius 3 is 2.44 bits per heavy atom. The number of nitrogens with one attached hydrogen (secondary N) is 1. The van der Waals surface area contributed by atoms with Crippen LogP contribution >= 0.6 is 0 Å². The normalized spacial score (nSPS) is 18.6. The Hall–Kier alpha value is -3.05. The van der Waals surface area contributed by atoms with Crippen LogP contribution in [0.5, 0.6) is 0 Å². The largest absolute Gasteiger partial charge is 0.327 e. The third kappa shape index (κ3) is 3.41. The summed E-state index contributed by atoms with van der Waals surface area (Å²) in [7, 11) is 0. The van der Waals surface area contributed by atoms with Crippen LogP contribution < -0.4 is 11.1 Å². The molecular formula is C20H18N4O. The number of nitrogens with zero attached hydrogens (tertiary/aromatic N) is 2. The van der Waals surface area contributed by atoms with Crippen molar-refractivity contribution in [2.24, 2.45) is 5.73 Å². The Morgan fingerprint density at radius 1 is 1.04 bits per heavy atom. The van der Waals surface area contributed by atoms with Gasteiger partial charge in [0, 0.05) is 41.2 Å². The summed E-state index contributed by atoms with van der Waals surface area (Å²) >= 11 is 0. The number of carbonyl (C=O) groups excluding carboxylic acids is 1. The standard InChI is InChI=1S/C20H18N4O/c21-18-12-17(18)14-3-1-4-15(11-14)20(25)24-16-7-5-13(6-8-16)19-22-9-2-10-23-19/h1-11,17-18H,12,21H2,(H,24,25)/t17-,18+/m0/s1. The van der Waals surface area contributed by atoms with Crippen LogP contribution in [0.3, 0.4) is 0 Å². The van der Waals surface area contributed by atoms with E-state index >= 15 is 0 Å². The molecule has 0 saturated heterocycles. The molecule has 0 aliphatic heterocycles. The lowest BCUT2D eigenvalue weighted by atomic mass is 10.1. The van der Waals surface area contributed by atoms with Gasteiger partial charge >= 0.3 is 0 Å². The molecule has 4 rings (SSSR count). The van der Waals surface area contributed by atoms with Gasteiger partial charge in [0.2, 0.25) is 0 Å². The molecule has 0 unspecified atom stereocenters. The van der Waals surface area contributed by atoms with Crippen LogP contribution in [0.1, 0.15) is 28.3 Å². The molecule has 2 atom stereocenters. The van der Waals surface area contributed by atoms with Gasteiger partial charge in [-0.3, -0.25) is 4.79 Å². The zero-order valence-corrected chi connectivity index (χ0v) is 13.6. The highest BCUT2D eigenvalue weighted by Crippen LogP contribution is 2.39. The molecule has 1 fully saturated rings. The third-order valence-electron chi connectivity index (χ3n) is 4.38. The van der Waals surface area contributed by atoms with Gasteiger partial charge in [-0.1, -0.05) is 12.1 Å². The summed E-state index contributed by atoms with van der Waals surface area (Å²) in [5, 5.41) is 2.92. The first-order valence-electron chi connectivity index (χ1n) is 8.25. The second-order valence-electron chi connectivity index (χ2n) is 6.24. The molecule has 1 amide bonds. The van der Waals surface area contributed by atoms with Crippen molar-refractivity contribution in [1.82, 2.24) is 9.97 Å². The Labute approximate surface area is 145 Å². The highest BCUT2D eigenvalue weighted by molar-refractivity contribution is 6.04. The lowest BCUT2D eigenvalue weighted by Crippen LogP contribution is -2.12. The van der Waals surface area contributed by atoms with Gasteiger partial charge in [0.25, 0.3) is 5.91 Å². The highest BCUT2D eigenvalue weighted by atomic mass is 16.1. The number of aromatic nitrogens is 2. The molecule has 0 radical (unpaired) electrons. The predicted molar refractivity (Wildman–Crippen MR) is 97.2 cm³/mol. The fourth-order valence-electron chi connectivity index (χ4n) is 2.86. The molecule has 1 aliphatic rings. The quantitative estimate of drug-likeness (QED) is 0.770. The number of carbonyl (C=O) groups is 1. The van der Waals surface area contributed by atoms with E-state index < -0.39 is 0 Å². The monoisotopic (exact) mass is 330 g/mol. The van der Waals surface area contributed by atoms with Crippen molar-refractivity contribution in [3.8, 4) is 11.4 Å². The predicted octanol–water partition coefficient (Wildman–Crippen LogP) is 3.21. The molecule has 0 spiro atoms. The molecule has 1 heterocycles. The molecule has 0 bridgehead atoms. The first-order valence-corrected chi connectivity index (χ1v) is 8.25. The molecule has 3 N–H and O–H groups in total. The topological polar surface area (TPSA) is 80.9 Å². The van der Waals surface area contributed by atoms with Gasteiger partial charge in [-0.25, -0.2) is 9.97 Å². The molecule has 3 aromatic rings. The number of amides is 1. The van der Waals surface area contributed by atoms with E-state index in [-0.39, 0.29) is 11.9 Å². The minimum absolute atomic E-state index is 0.125. The number of hydrogen-bond donors (Lipinski definition) is 2. The summed E-state index contributed by atoms with van der Waals surface area (Å²) in [6, 6.07) is 17.2. The molecule has 1 saturated carbocycles. The Morgan fingerprint density at radius 2 is 1.76 bits per heavy atom. The van der Waals surface area contributed by atoms with Gasteiger partial charge in [0.1, 0.15) is 0 Å². The van der Waals surface area contributed by atoms with E-state index in [1.165, 1.54) is 0 Å². The number of rotatable bonds is 4. The van der Waals surface area contributed by atoms with Gasteiger partial charge < -0.3 is 11.1 Å². The second-order valence-corrected chi connectivity index (χ2v) is 6.24. The molecule has 5 nitrogen and oxygen atoms in total. The Balaban J connectivity index is 1.48. The zero-order valence-electron chi connectivity index (χ0n) is 13.6. The van der Waals surface area contributed by atoms with Crippen LogP contribution in [0.15, 0.2) is 67.0 Å². The van der Waals surface area contributed by atoms with Crippen molar-refractivity contribution < 1.29 is 4.79 Å². The van der Waals surface area contributed by atoms with E-state index in [1.54, 1.807) is 18.5 Å². The summed E-state index contributed by atoms with van der Waals surface area (Å²) in [4.78, 5) is 20.9. The van der Waals surface area contributed by atoms with E-state index in [0.29, 0.717) is 17.3 Å². The van der Waals surface area contributed by atoms with Gasteiger partial charge in [0.15, 0.2) is 5.82 Å². The van der Waals surface area contributed by atoms with E-state index in [2.05, 4.69) is 15.3 Å². The number of anilines is 1. The van der Waals surface area contributed by atoms with Crippen molar-refractivity contribution in [2.45, 2.75) is 18.4 Å². The molecular weight excluding hydrogens is 312 g/mol. The van der Waals surface area contributed by atoms with Crippen molar-refractivity contribution in [3.63, 3.8) is 0 Å². The first kappa shape index (κ1) is 15.5. The van der Waals surface area contributed by atoms with Crippen LogP contribution in [0, 0.1) is 0 Å². The summed E-state index contributed by atoms with van der Waals surface area (Å²) in [6.07, 6.45) is 4.40. The molecule has 25 heavy (non-hydrogen) atoms. The van der Waals surface area contributed by atoms with Crippen LogP contribution in [0.4, 0.5) is 5.69 Å². The molecule has 1 aliphatic carbocycles. The summed E-state index contributed by atoms with van der Waals surface area (Å²) in [5.74, 6) is 0.923. The lowest BCUT2D eigenvalue weighted by Gasteiger charge is -2.08. The van der Waals surface area contributed by atoms with Crippen LogP contribution in [0.25, 0.3) is 11.4 Å². The second kappa shape index (κ2) is 6.45. The zero-order chi connectivity index (χ0) is 17.2. The van der Waals surface area contributed by atoms with E-state index in [1.807, 2.05) is 48.5 Å². The maximum atomic E-state index is 12.5. The molecule has 2 aromatic carbocycles. The summed E-state index contributed by atoms with van der Waals surface area (Å²) in [6.45, 7) is 0. The average molecular weight is 330 g/mol. The fraction of sp³-hybridized carbons (Fsp3) is 0.150. The van der Waals surface area contributed by atoms with E-state index in [4.69, 9.17) is 5.73 Å². The maximum Gasteiger partial charge on any atom is 0.255 e. The molecule has 124 valence electrons. The number of nitrogens with two attached hydrogens (primary N) is 1. The minimum Gasteiger partial charge on any atom is -0.327 e. The SMILES string of the molecule is N[C@@H]1C[C@H]1c1cccc(C(=O)Nc2ccc(-c3ncccn3)cc2)c1. The minimum atomic E-state index is -0.125. The molecule has 5 heteroatoms. The van der Waals surface area contributed by atoms with Crippen LogP contribution in [-0.4, -0.2) is 21.9 Å². The lowest BCUT2D eigenvalue weighted by molar-refractivity contribution is 0.102. The van der Waals surface area contributed by atoms with Gasteiger partial charge in [-0.05, 0) is 54.4 Å². The van der Waals surface area contributed by atoms with Crippen molar-refractivity contribution in [3.05, 3.63) is 78.1 Å². The highest BCUT2D eigenvalue weighted by Gasteiger charge is 2.34.